The SMILES string of the molecule is O=[N+]([O-])c1ccc(/C=C/c2cccs2)c([N+](=O)[O-])c1. The molecule has 0 saturated carbocycles. The molecule has 1 aromatic carbocycles. The molecule has 0 atom stereocenters. The topological polar surface area (TPSA) is 86.3 Å². The van der Waals surface area contributed by atoms with Crippen LogP contribution >= 0.6 is 11.3 Å². The molecule has 0 N–H and O–H groups in total. The highest BCUT2D eigenvalue weighted by Crippen LogP contribution is 2.26. The van der Waals surface area contributed by atoms with Crippen LogP contribution in [-0.4, -0.2) is 9.85 Å². The molecular formula is C12H8N2O4S. The zero-order valence-electron chi connectivity index (χ0n) is 9.55. The van der Waals surface area contributed by atoms with Crippen LogP contribution in [0.4, 0.5) is 11.4 Å². The van der Waals surface area contributed by atoms with Crippen molar-refractivity contribution < 1.29 is 9.85 Å². The van der Waals surface area contributed by atoms with Crippen molar-refractivity contribution in [2.45, 2.75) is 0 Å². The maximum Gasteiger partial charge on any atom is 0.283 e. The van der Waals surface area contributed by atoms with Gasteiger partial charge in [-0.2, -0.15) is 0 Å². The molecule has 0 saturated heterocycles. The largest absolute Gasteiger partial charge is 0.283 e. The van der Waals surface area contributed by atoms with Gasteiger partial charge in [0.25, 0.3) is 11.4 Å². The van der Waals surface area contributed by atoms with E-state index >= 15 is 0 Å². The molecule has 0 bridgehead atoms. The summed E-state index contributed by atoms with van der Waals surface area (Å²) in [5.41, 5.74) is -0.231. The summed E-state index contributed by atoms with van der Waals surface area (Å²) in [6, 6.07) is 7.34. The van der Waals surface area contributed by atoms with Crippen LogP contribution in [-0.2, 0) is 0 Å². The molecule has 96 valence electrons. The number of hydrogen-bond acceptors (Lipinski definition) is 5. The molecule has 0 unspecified atom stereocenters. The maximum atomic E-state index is 10.9. The van der Waals surface area contributed by atoms with Crippen molar-refractivity contribution in [3.63, 3.8) is 0 Å². The number of nitrogens with zero attached hydrogens (tertiary/aromatic N) is 2. The molecule has 0 aliphatic carbocycles. The molecule has 7 heteroatoms. The lowest BCUT2D eigenvalue weighted by Crippen LogP contribution is -1.94. The molecular weight excluding hydrogens is 268 g/mol. The van der Waals surface area contributed by atoms with E-state index in [9.17, 15) is 20.2 Å². The minimum Gasteiger partial charge on any atom is -0.258 e. The molecule has 2 rings (SSSR count). The quantitative estimate of drug-likeness (QED) is 0.628. The van der Waals surface area contributed by atoms with Gasteiger partial charge in [-0.25, -0.2) is 0 Å². The highest BCUT2D eigenvalue weighted by Gasteiger charge is 2.17. The molecule has 0 aliphatic heterocycles. The number of nitro benzene ring substituents is 2. The summed E-state index contributed by atoms with van der Waals surface area (Å²) in [5.74, 6) is 0. The Kier molecular flexibility index (Phi) is 3.67. The van der Waals surface area contributed by atoms with E-state index in [0.717, 1.165) is 10.9 Å². The zero-order valence-corrected chi connectivity index (χ0v) is 10.4. The Morgan fingerprint density at radius 1 is 1.05 bits per heavy atom. The van der Waals surface area contributed by atoms with Gasteiger partial charge in [0.2, 0.25) is 0 Å². The van der Waals surface area contributed by atoms with Gasteiger partial charge in [-0.3, -0.25) is 20.2 Å². The number of rotatable bonds is 4. The lowest BCUT2D eigenvalue weighted by molar-refractivity contribution is -0.394. The zero-order chi connectivity index (χ0) is 13.8. The Labute approximate surface area is 111 Å². The minimum atomic E-state index is -0.653. The van der Waals surface area contributed by atoms with Gasteiger partial charge in [-0.1, -0.05) is 6.07 Å². The maximum absolute atomic E-state index is 10.9. The Morgan fingerprint density at radius 3 is 2.42 bits per heavy atom. The van der Waals surface area contributed by atoms with Crippen molar-refractivity contribution in [2.75, 3.05) is 0 Å². The smallest absolute Gasteiger partial charge is 0.258 e. The molecule has 0 spiro atoms. The van der Waals surface area contributed by atoms with Crippen molar-refractivity contribution in [1.82, 2.24) is 0 Å². The lowest BCUT2D eigenvalue weighted by atomic mass is 10.1. The number of benzene rings is 1. The summed E-state index contributed by atoms with van der Waals surface area (Å²) in [5, 5.41) is 23.4. The lowest BCUT2D eigenvalue weighted by Gasteiger charge is -1.97. The summed E-state index contributed by atoms with van der Waals surface area (Å²) in [6.45, 7) is 0. The van der Waals surface area contributed by atoms with Crippen LogP contribution in [0, 0.1) is 20.2 Å². The first-order valence-corrected chi connectivity index (χ1v) is 6.10. The summed E-state index contributed by atoms with van der Waals surface area (Å²) >= 11 is 1.50. The van der Waals surface area contributed by atoms with Gasteiger partial charge in [0, 0.05) is 10.9 Å². The van der Waals surface area contributed by atoms with Gasteiger partial charge in [-0.15, -0.1) is 11.3 Å². The number of nitro groups is 2. The third kappa shape index (κ3) is 3.02. The summed E-state index contributed by atoms with van der Waals surface area (Å²) in [4.78, 5) is 21.2. The molecule has 6 nitrogen and oxygen atoms in total. The van der Waals surface area contributed by atoms with E-state index < -0.39 is 9.85 Å². The van der Waals surface area contributed by atoms with Crippen LogP contribution < -0.4 is 0 Å². The molecule has 0 fully saturated rings. The summed E-state index contributed by atoms with van der Waals surface area (Å²) in [7, 11) is 0. The summed E-state index contributed by atoms with van der Waals surface area (Å²) in [6.07, 6.45) is 3.31. The van der Waals surface area contributed by atoms with E-state index in [1.807, 2.05) is 17.5 Å². The number of hydrogen-bond donors (Lipinski definition) is 0. The Balaban J connectivity index is 2.40. The van der Waals surface area contributed by atoms with E-state index in [1.165, 1.54) is 23.5 Å². The van der Waals surface area contributed by atoms with Crippen LogP contribution in [0.15, 0.2) is 35.7 Å². The van der Waals surface area contributed by atoms with E-state index in [2.05, 4.69) is 0 Å². The average molecular weight is 276 g/mol. The van der Waals surface area contributed by atoms with Crippen LogP contribution in [0.1, 0.15) is 10.4 Å². The van der Waals surface area contributed by atoms with E-state index in [4.69, 9.17) is 0 Å². The predicted molar refractivity (Wildman–Crippen MR) is 73.0 cm³/mol. The van der Waals surface area contributed by atoms with Gasteiger partial charge in [-0.05, 0) is 29.7 Å². The molecule has 2 aromatic rings. The van der Waals surface area contributed by atoms with E-state index in [1.54, 1.807) is 12.2 Å². The first kappa shape index (κ1) is 12.9. The predicted octanol–water partition coefficient (Wildman–Crippen LogP) is 3.73. The second-order valence-corrected chi connectivity index (χ2v) is 4.59. The number of thiophene rings is 1. The minimum absolute atomic E-state index is 0.276. The highest BCUT2D eigenvalue weighted by atomic mass is 32.1. The van der Waals surface area contributed by atoms with Gasteiger partial charge >= 0.3 is 0 Å². The van der Waals surface area contributed by atoms with Crippen molar-refractivity contribution in [2.24, 2.45) is 0 Å². The van der Waals surface area contributed by atoms with Crippen LogP contribution in [0.25, 0.3) is 12.2 Å². The number of non-ortho nitro benzene ring substituents is 1. The molecule has 0 amide bonds. The third-order valence-corrected chi connectivity index (χ3v) is 3.23. The molecule has 1 heterocycles. The molecule has 1 aromatic heterocycles. The Hall–Kier alpha value is -2.54. The third-order valence-electron chi connectivity index (χ3n) is 2.39. The molecule has 0 aliphatic rings. The van der Waals surface area contributed by atoms with Crippen molar-refractivity contribution >= 4 is 34.9 Å². The fourth-order valence-electron chi connectivity index (χ4n) is 1.50. The second kappa shape index (κ2) is 5.40. The van der Waals surface area contributed by atoms with E-state index in [0.29, 0.717) is 5.56 Å². The van der Waals surface area contributed by atoms with Gasteiger partial charge in [0.1, 0.15) is 0 Å². The monoisotopic (exact) mass is 276 g/mol. The van der Waals surface area contributed by atoms with Crippen LogP contribution in [0.5, 0.6) is 0 Å². The van der Waals surface area contributed by atoms with Crippen LogP contribution in [0.2, 0.25) is 0 Å². The van der Waals surface area contributed by atoms with Crippen LogP contribution in [0.3, 0.4) is 0 Å². The van der Waals surface area contributed by atoms with Gasteiger partial charge in [0.15, 0.2) is 0 Å². The standard InChI is InChI=1S/C12H8N2O4S/c15-13(16)10-5-3-9(12(8-10)14(17)18)4-6-11-2-1-7-19-11/h1-8H/b6-4+. The molecule has 0 radical (unpaired) electrons. The normalized spacial score (nSPS) is 10.7. The van der Waals surface area contributed by atoms with Crippen molar-refractivity contribution in [1.29, 1.82) is 0 Å². The Morgan fingerprint density at radius 2 is 1.84 bits per heavy atom. The highest BCUT2D eigenvalue weighted by molar-refractivity contribution is 7.10. The van der Waals surface area contributed by atoms with Crippen molar-refractivity contribution in [3.05, 3.63) is 66.4 Å². The molecule has 19 heavy (non-hydrogen) atoms. The van der Waals surface area contributed by atoms with Gasteiger partial charge in [0.05, 0.1) is 21.5 Å². The Bertz CT molecular complexity index is 650. The fourth-order valence-corrected chi connectivity index (χ4v) is 2.12. The summed E-state index contributed by atoms with van der Waals surface area (Å²) < 4.78 is 0. The fraction of sp³-hybridized carbons (Fsp3) is 0. The first-order chi connectivity index (χ1) is 9.08. The van der Waals surface area contributed by atoms with E-state index in [-0.39, 0.29) is 11.4 Å². The van der Waals surface area contributed by atoms with Gasteiger partial charge < -0.3 is 0 Å². The average Bonchev–Trinajstić information content (AvgIpc) is 2.89. The van der Waals surface area contributed by atoms with Crippen molar-refractivity contribution in [3.8, 4) is 0 Å². The first-order valence-electron chi connectivity index (χ1n) is 5.22. The second-order valence-electron chi connectivity index (χ2n) is 3.61.